The third-order valence-corrected chi connectivity index (χ3v) is 1.91. The highest BCUT2D eigenvalue weighted by Crippen LogP contribution is 2.30. The van der Waals surface area contributed by atoms with Crippen LogP contribution in [0.3, 0.4) is 0 Å². The van der Waals surface area contributed by atoms with Crippen molar-refractivity contribution in [3.63, 3.8) is 0 Å². The van der Waals surface area contributed by atoms with Crippen molar-refractivity contribution in [2.24, 2.45) is 5.92 Å². The summed E-state index contributed by atoms with van der Waals surface area (Å²) in [6.07, 6.45) is 5.10. The van der Waals surface area contributed by atoms with E-state index in [9.17, 15) is 0 Å². The van der Waals surface area contributed by atoms with Gasteiger partial charge in [0.15, 0.2) is 0 Å². The summed E-state index contributed by atoms with van der Waals surface area (Å²) in [4.78, 5) is 0. The zero-order valence-corrected chi connectivity index (χ0v) is 6.31. The molecule has 0 saturated carbocycles. The van der Waals surface area contributed by atoms with Crippen molar-refractivity contribution in [2.75, 3.05) is 6.61 Å². The minimum atomic E-state index is 0.712. The topological polar surface area (TPSA) is 9.23 Å². The molecule has 9 heavy (non-hydrogen) atoms. The number of rotatable bonds is 3. The van der Waals surface area contributed by atoms with Crippen molar-refractivity contribution in [1.82, 2.24) is 0 Å². The lowest BCUT2D eigenvalue weighted by Gasteiger charge is -2.30. The van der Waals surface area contributed by atoms with Gasteiger partial charge >= 0.3 is 0 Å². The van der Waals surface area contributed by atoms with E-state index >= 15 is 0 Å². The predicted octanol–water partition coefficient (Wildman–Crippen LogP) is 2.37. The van der Waals surface area contributed by atoms with Crippen LogP contribution in [0.1, 0.15) is 33.1 Å². The predicted molar refractivity (Wildman–Crippen MR) is 37.9 cm³/mol. The van der Waals surface area contributed by atoms with Gasteiger partial charge in [-0.25, -0.2) is 0 Å². The number of hydrogen-bond acceptors (Lipinski definition) is 1. The summed E-state index contributed by atoms with van der Waals surface area (Å²) in [6, 6.07) is 0. The Balaban J connectivity index is 2.08. The highest BCUT2D eigenvalue weighted by atomic mass is 16.5. The number of ether oxygens (including phenoxy) is 1. The van der Waals surface area contributed by atoms with Crippen LogP contribution in [0.15, 0.2) is 0 Å². The average molecular weight is 127 g/mol. The summed E-state index contributed by atoms with van der Waals surface area (Å²) < 4.78 is 5.26. The maximum Gasteiger partial charge on any atom is 0.102 e. The van der Waals surface area contributed by atoms with Crippen LogP contribution >= 0.6 is 0 Å². The van der Waals surface area contributed by atoms with E-state index < -0.39 is 0 Å². The van der Waals surface area contributed by atoms with E-state index in [2.05, 4.69) is 13.8 Å². The summed E-state index contributed by atoms with van der Waals surface area (Å²) in [5.74, 6) is 0.712. The van der Waals surface area contributed by atoms with Crippen LogP contribution in [0.4, 0.5) is 0 Å². The van der Waals surface area contributed by atoms with Gasteiger partial charge in [-0.15, -0.1) is 0 Å². The van der Waals surface area contributed by atoms with E-state index in [0.29, 0.717) is 5.92 Å². The van der Waals surface area contributed by atoms with Crippen molar-refractivity contribution in [1.29, 1.82) is 0 Å². The standard InChI is InChI=1S/C8H15O/c1-3-4-7(2)8-5-6-9-8/h7H,3-6H2,1-2H3. The molecule has 0 aromatic carbocycles. The zero-order valence-electron chi connectivity index (χ0n) is 6.31. The SMILES string of the molecule is CCCC(C)[C]1CCO1. The van der Waals surface area contributed by atoms with Gasteiger partial charge < -0.3 is 4.74 Å². The molecule has 0 aromatic rings. The monoisotopic (exact) mass is 127 g/mol. The van der Waals surface area contributed by atoms with E-state index in [1.54, 1.807) is 0 Å². The van der Waals surface area contributed by atoms with Gasteiger partial charge in [0, 0.05) is 6.42 Å². The van der Waals surface area contributed by atoms with E-state index in [1.807, 2.05) is 0 Å². The van der Waals surface area contributed by atoms with Gasteiger partial charge in [0.25, 0.3) is 0 Å². The Morgan fingerprint density at radius 2 is 2.33 bits per heavy atom. The third-order valence-electron chi connectivity index (χ3n) is 1.91. The minimum absolute atomic E-state index is 0.712. The molecule has 0 bridgehead atoms. The first kappa shape index (κ1) is 7.07. The van der Waals surface area contributed by atoms with Crippen LogP contribution in [0, 0.1) is 12.0 Å². The van der Waals surface area contributed by atoms with Crippen LogP contribution in [0.5, 0.6) is 0 Å². The van der Waals surface area contributed by atoms with Crippen molar-refractivity contribution >= 4 is 0 Å². The molecular weight excluding hydrogens is 112 g/mol. The molecule has 0 aromatic heterocycles. The van der Waals surface area contributed by atoms with Crippen LogP contribution in [-0.4, -0.2) is 6.61 Å². The van der Waals surface area contributed by atoms with Gasteiger partial charge in [0.2, 0.25) is 0 Å². The Labute approximate surface area is 57.4 Å². The maximum atomic E-state index is 5.26. The second-order valence-corrected chi connectivity index (χ2v) is 2.75. The Hall–Kier alpha value is -0.0400. The minimum Gasteiger partial charge on any atom is -0.371 e. The Bertz CT molecular complexity index is 76.6. The smallest absolute Gasteiger partial charge is 0.102 e. The van der Waals surface area contributed by atoms with Crippen LogP contribution < -0.4 is 0 Å². The summed E-state index contributed by atoms with van der Waals surface area (Å²) in [7, 11) is 0. The van der Waals surface area contributed by atoms with E-state index in [-0.39, 0.29) is 0 Å². The normalized spacial score (nSPS) is 23.3. The molecule has 1 aliphatic heterocycles. The first-order chi connectivity index (χ1) is 4.34. The van der Waals surface area contributed by atoms with E-state index in [4.69, 9.17) is 4.74 Å². The summed E-state index contributed by atoms with van der Waals surface area (Å²) in [5, 5.41) is 0. The summed E-state index contributed by atoms with van der Waals surface area (Å²) >= 11 is 0. The average Bonchev–Trinajstić information content (AvgIpc) is 1.60. The van der Waals surface area contributed by atoms with Gasteiger partial charge in [0.1, 0.15) is 6.10 Å². The Morgan fingerprint density at radius 3 is 2.67 bits per heavy atom. The van der Waals surface area contributed by atoms with Crippen LogP contribution in [-0.2, 0) is 4.74 Å². The lowest BCUT2D eigenvalue weighted by atomic mass is 9.94. The molecule has 0 spiro atoms. The Morgan fingerprint density at radius 1 is 1.67 bits per heavy atom. The molecule has 1 heteroatoms. The van der Waals surface area contributed by atoms with Crippen molar-refractivity contribution in [2.45, 2.75) is 33.1 Å². The van der Waals surface area contributed by atoms with Crippen molar-refractivity contribution in [3.8, 4) is 0 Å². The third kappa shape index (κ3) is 1.68. The molecule has 1 radical (unpaired) electrons. The fourth-order valence-electron chi connectivity index (χ4n) is 1.20. The largest absolute Gasteiger partial charge is 0.371 e. The first-order valence-corrected chi connectivity index (χ1v) is 3.83. The summed E-state index contributed by atoms with van der Waals surface area (Å²) in [5.41, 5.74) is 0. The molecule has 1 rings (SSSR count). The quantitative estimate of drug-likeness (QED) is 0.565. The van der Waals surface area contributed by atoms with Crippen molar-refractivity contribution in [3.05, 3.63) is 6.10 Å². The molecule has 1 fully saturated rings. The van der Waals surface area contributed by atoms with Gasteiger partial charge in [-0.05, 0) is 12.3 Å². The fraction of sp³-hybridized carbons (Fsp3) is 0.875. The molecule has 53 valence electrons. The molecule has 0 amide bonds. The molecule has 1 unspecified atom stereocenters. The molecule has 1 aliphatic rings. The van der Waals surface area contributed by atoms with E-state index in [0.717, 1.165) is 6.61 Å². The molecule has 1 atom stereocenters. The van der Waals surface area contributed by atoms with Gasteiger partial charge in [-0.3, -0.25) is 0 Å². The van der Waals surface area contributed by atoms with Crippen molar-refractivity contribution < 1.29 is 4.74 Å². The van der Waals surface area contributed by atoms with Gasteiger partial charge in [0.05, 0.1) is 6.61 Å². The fourth-order valence-corrected chi connectivity index (χ4v) is 1.20. The highest BCUT2D eigenvalue weighted by Gasteiger charge is 2.24. The molecule has 1 saturated heterocycles. The van der Waals surface area contributed by atoms with Crippen LogP contribution in [0.2, 0.25) is 0 Å². The maximum absolute atomic E-state index is 5.26. The molecule has 0 aliphatic carbocycles. The first-order valence-electron chi connectivity index (χ1n) is 3.83. The molecule has 0 N–H and O–H groups in total. The number of hydrogen-bond donors (Lipinski definition) is 0. The second kappa shape index (κ2) is 3.21. The van der Waals surface area contributed by atoms with E-state index in [1.165, 1.54) is 25.4 Å². The zero-order chi connectivity index (χ0) is 6.69. The molecule has 1 heterocycles. The lowest BCUT2D eigenvalue weighted by Crippen LogP contribution is -2.24. The Kier molecular flexibility index (Phi) is 2.52. The molecule has 1 nitrogen and oxygen atoms in total. The van der Waals surface area contributed by atoms with Crippen LogP contribution in [0.25, 0.3) is 0 Å². The molecular formula is C8H15O. The van der Waals surface area contributed by atoms with Gasteiger partial charge in [-0.1, -0.05) is 20.3 Å². The highest BCUT2D eigenvalue weighted by molar-refractivity contribution is 4.90. The second-order valence-electron chi connectivity index (χ2n) is 2.75. The lowest BCUT2D eigenvalue weighted by molar-refractivity contribution is 0.00953. The summed E-state index contributed by atoms with van der Waals surface area (Å²) in [6.45, 7) is 5.43. The van der Waals surface area contributed by atoms with Gasteiger partial charge in [-0.2, -0.15) is 0 Å².